The summed E-state index contributed by atoms with van der Waals surface area (Å²) in [7, 11) is 0. The SMILES string of the molecule is CC1Cc2c(oc3ccc(-c4nc(C5C=CCC(C)C5C)nc(C5(C)CC=CCC5)n4)cc23)C=C1c1ccc2c(c1)c1ccccc1n2-c1ccccc1. The van der Waals surface area contributed by atoms with Crippen molar-refractivity contribution in [1.29, 1.82) is 0 Å². The molecule has 3 aromatic heterocycles. The second kappa shape index (κ2) is 12.8. The van der Waals surface area contributed by atoms with E-state index >= 15 is 0 Å². The van der Waals surface area contributed by atoms with Gasteiger partial charge in [0, 0.05) is 44.3 Å². The van der Waals surface area contributed by atoms with Crippen molar-refractivity contribution in [3.05, 3.63) is 144 Å². The Labute approximate surface area is 317 Å². The number of fused-ring (bicyclic) bond motifs is 6. The normalized spacial score (nSPS) is 24.0. The molecule has 4 aromatic carbocycles. The first-order valence-electron chi connectivity index (χ1n) is 19.8. The van der Waals surface area contributed by atoms with Gasteiger partial charge in [0.25, 0.3) is 0 Å². The van der Waals surface area contributed by atoms with Crippen LogP contribution >= 0.6 is 0 Å². The molecule has 0 saturated heterocycles. The van der Waals surface area contributed by atoms with Crippen LogP contribution in [0.25, 0.3) is 61.5 Å². The highest BCUT2D eigenvalue weighted by atomic mass is 16.3. The number of allylic oxidation sites excluding steroid dienone is 5. The number of hydrogen-bond acceptors (Lipinski definition) is 4. The highest BCUT2D eigenvalue weighted by molar-refractivity contribution is 6.10. The van der Waals surface area contributed by atoms with Gasteiger partial charge in [-0.25, -0.2) is 15.0 Å². The fraction of sp³-hybridized carbons (Fsp3) is 0.286. The molecule has 268 valence electrons. The van der Waals surface area contributed by atoms with Crippen molar-refractivity contribution in [2.24, 2.45) is 17.8 Å². The van der Waals surface area contributed by atoms with Crippen LogP contribution in [0.15, 0.2) is 120 Å². The van der Waals surface area contributed by atoms with Gasteiger partial charge in [0.2, 0.25) is 0 Å². The highest BCUT2D eigenvalue weighted by Crippen LogP contribution is 2.43. The largest absolute Gasteiger partial charge is 0.456 e. The average molecular weight is 707 g/mol. The van der Waals surface area contributed by atoms with E-state index < -0.39 is 0 Å². The van der Waals surface area contributed by atoms with E-state index in [4.69, 9.17) is 19.4 Å². The molecule has 10 rings (SSSR count). The molecule has 7 aromatic rings. The van der Waals surface area contributed by atoms with Gasteiger partial charge in [-0.3, -0.25) is 0 Å². The van der Waals surface area contributed by atoms with Crippen LogP contribution in [0.4, 0.5) is 0 Å². The Morgan fingerprint density at radius 3 is 2.41 bits per heavy atom. The van der Waals surface area contributed by atoms with Gasteiger partial charge in [-0.15, -0.1) is 0 Å². The van der Waals surface area contributed by atoms with Crippen LogP contribution in [0.3, 0.4) is 0 Å². The Hall–Kier alpha value is -5.55. The molecule has 0 radical (unpaired) electrons. The molecule has 0 fully saturated rings. The van der Waals surface area contributed by atoms with Crippen molar-refractivity contribution in [2.45, 2.75) is 71.1 Å². The molecule has 0 aliphatic heterocycles. The van der Waals surface area contributed by atoms with E-state index in [9.17, 15) is 0 Å². The molecule has 0 bridgehead atoms. The van der Waals surface area contributed by atoms with E-state index in [0.29, 0.717) is 17.8 Å². The standard InChI is InChI=1S/C49H46N4O/c1-30-14-13-18-36(32(30)3)47-50-46(51-48(52-47)49(4)24-11-6-12-25-49)34-21-23-44-41(28-34)40-26-31(2)38(29-45(40)54-44)33-20-22-43-39(27-33)37-17-9-10-19-42(37)53(43)35-15-7-5-8-16-35/h5-11,13,15-23,27-32,36H,12,14,24-26H2,1-4H3. The minimum Gasteiger partial charge on any atom is -0.456 e. The summed E-state index contributed by atoms with van der Waals surface area (Å²) in [6.07, 6.45) is 16.6. The van der Waals surface area contributed by atoms with Gasteiger partial charge in [-0.05, 0) is 116 Å². The maximum atomic E-state index is 6.63. The lowest BCUT2D eigenvalue weighted by atomic mass is 9.76. The van der Waals surface area contributed by atoms with E-state index in [1.807, 2.05) is 0 Å². The fourth-order valence-electron chi connectivity index (χ4n) is 9.32. The number of benzene rings is 4. The monoisotopic (exact) mass is 706 g/mol. The maximum Gasteiger partial charge on any atom is 0.163 e. The van der Waals surface area contributed by atoms with Crippen LogP contribution in [0, 0.1) is 17.8 Å². The minimum absolute atomic E-state index is 0.108. The number of rotatable bonds is 5. The molecule has 5 atom stereocenters. The lowest BCUT2D eigenvalue weighted by Gasteiger charge is -2.32. The summed E-state index contributed by atoms with van der Waals surface area (Å²) in [6.45, 7) is 9.36. The Bertz CT molecular complexity index is 2680. The van der Waals surface area contributed by atoms with Crippen molar-refractivity contribution in [1.82, 2.24) is 19.5 Å². The molecule has 3 aliphatic carbocycles. The van der Waals surface area contributed by atoms with Crippen LogP contribution in [0.5, 0.6) is 0 Å². The second-order valence-corrected chi connectivity index (χ2v) is 16.4. The molecular formula is C49H46N4O. The fourth-order valence-corrected chi connectivity index (χ4v) is 9.32. The molecular weight excluding hydrogens is 661 g/mol. The predicted octanol–water partition coefficient (Wildman–Crippen LogP) is 12.4. The van der Waals surface area contributed by atoms with Crippen LogP contribution < -0.4 is 0 Å². The summed E-state index contributed by atoms with van der Waals surface area (Å²) in [5.74, 6) is 5.10. The first-order chi connectivity index (χ1) is 26.3. The van der Waals surface area contributed by atoms with E-state index in [0.717, 1.165) is 71.9 Å². The van der Waals surface area contributed by atoms with Crippen LogP contribution in [0.2, 0.25) is 0 Å². The quantitative estimate of drug-likeness (QED) is 0.167. The van der Waals surface area contributed by atoms with Gasteiger partial charge in [-0.1, -0.05) is 94.5 Å². The lowest BCUT2D eigenvalue weighted by molar-refractivity contribution is 0.331. The zero-order valence-electron chi connectivity index (χ0n) is 31.6. The van der Waals surface area contributed by atoms with Crippen molar-refractivity contribution in [3.63, 3.8) is 0 Å². The molecule has 5 heteroatoms. The van der Waals surface area contributed by atoms with E-state index in [1.165, 1.54) is 44.2 Å². The van der Waals surface area contributed by atoms with Crippen LogP contribution in [-0.2, 0) is 11.8 Å². The Morgan fingerprint density at radius 1 is 0.759 bits per heavy atom. The Balaban J connectivity index is 1.06. The first kappa shape index (κ1) is 33.1. The second-order valence-electron chi connectivity index (χ2n) is 16.4. The summed E-state index contributed by atoms with van der Waals surface area (Å²) in [5.41, 5.74) is 9.26. The summed E-state index contributed by atoms with van der Waals surface area (Å²) < 4.78 is 9.01. The number of para-hydroxylation sites is 2. The summed E-state index contributed by atoms with van der Waals surface area (Å²) in [5, 5.41) is 3.68. The Morgan fingerprint density at radius 2 is 1.56 bits per heavy atom. The van der Waals surface area contributed by atoms with E-state index in [1.54, 1.807) is 0 Å². The first-order valence-corrected chi connectivity index (χ1v) is 19.8. The van der Waals surface area contributed by atoms with Crippen LogP contribution in [-0.4, -0.2) is 19.5 Å². The summed E-state index contributed by atoms with van der Waals surface area (Å²) in [4.78, 5) is 15.7. The lowest BCUT2D eigenvalue weighted by Crippen LogP contribution is -2.29. The smallest absolute Gasteiger partial charge is 0.163 e. The number of aromatic nitrogens is 4. The van der Waals surface area contributed by atoms with E-state index in [2.05, 4.69) is 154 Å². The zero-order valence-corrected chi connectivity index (χ0v) is 31.6. The van der Waals surface area contributed by atoms with Gasteiger partial charge in [0.1, 0.15) is 23.0 Å². The number of nitrogens with zero attached hydrogens (tertiary/aromatic N) is 4. The highest BCUT2D eigenvalue weighted by Gasteiger charge is 2.34. The minimum atomic E-state index is -0.108. The topological polar surface area (TPSA) is 56.7 Å². The van der Waals surface area contributed by atoms with Crippen molar-refractivity contribution in [3.8, 4) is 17.1 Å². The molecule has 54 heavy (non-hydrogen) atoms. The van der Waals surface area contributed by atoms with Crippen molar-refractivity contribution in [2.75, 3.05) is 0 Å². The molecule has 0 amide bonds. The summed E-state index contributed by atoms with van der Waals surface area (Å²) >= 11 is 0. The molecule has 3 heterocycles. The molecule has 0 N–H and O–H groups in total. The average Bonchev–Trinajstić information content (AvgIpc) is 3.73. The molecule has 0 spiro atoms. The number of furan rings is 1. The van der Waals surface area contributed by atoms with Gasteiger partial charge in [0.15, 0.2) is 5.82 Å². The molecule has 5 unspecified atom stereocenters. The van der Waals surface area contributed by atoms with Gasteiger partial charge < -0.3 is 8.98 Å². The number of hydrogen-bond donors (Lipinski definition) is 0. The third kappa shape index (κ3) is 5.39. The molecule has 3 aliphatic rings. The predicted molar refractivity (Wildman–Crippen MR) is 222 cm³/mol. The Kier molecular flexibility index (Phi) is 7.83. The maximum absolute atomic E-state index is 6.63. The van der Waals surface area contributed by atoms with E-state index in [-0.39, 0.29) is 11.3 Å². The van der Waals surface area contributed by atoms with Crippen molar-refractivity contribution < 1.29 is 4.42 Å². The molecule has 0 saturated carbocycles. The van der Waals surface area contributed by atoms with Gasteiger partial charge in [0.05, 0.1) is 11.0 Å². The zero-order chi connectivity index (χ0) is 36.6. The third-order valence-electron chi connectivity index (χ3n) is 12.8. The van der Waals surface area contributed by atoms with Crippen molar-refractivity contribution >= 4 is 44.4 Å². The third-order valence-corrected chi connectivity index (χ3v) is 12.8. The van der Waals surface area contributed by atoms with Crippen LogP contribution in [0.1, 0.15) is 87.8 Å². The van der Waals surface area contributed by atoms with Gasteiger partial charge >= 0.3 is 0 Å². The van der Waals surface area contributed by atoms with Gasteiger partial charge in [-0.2, -0.15) is 0 Å². The summed E-state index contributed by atoms with van der Waals surface area (Å²) in [6, 6.07) is 32.9. The molecule has 5 nitrogen and oxygen atoms in total.